The summed E-state index contributed by atoms with van der Waals surface area (Å²) in [5.41, 5.74) is 16.3. The van der Waals surface area contributed by atoms with Crippen molar-refractivity contribution >= 4 is 15.6 Å². The Balaban J connectivity index is 0.000000181. The van der Waals surface area contributed by atoms with Crippen LogP contribution in [0.2, 0.25) is 0 Å². The zero-order valence-electron chi connectivity index (χ0n) is 65.8. The van der Waals surface area contributed by atoms with Crippen LogP contribution >= 0.6 is 0 Å². The Hall–Kier alpha value is -11.1. The number of carbonyl (C=O) groups excluding carboxylic acids is 1. The van der Waals surface area contributed by atoms with Crippen molar-refractivity contribution in [1.29, 1.82) is 0 Å². The molecule has 13 rings (SSSR count). The summed E-state index contributed by atoms with van der Waals surface area (Å²) < 4.78 is 113. The third kappa shape index (κ3) is 25.0. The molecule has 568 valence electrons. The van der Waals surface area contributed by atoms with Crippen molar-refractivity contribution in [1.82, 2.24) is 0 Å². The van der Waals surface area contributed by atoms with Crippen molar-refractivity contribution in [2.75, 3.05) is 0 Å². The van der Waals surface area contributed by atoms with Crippen molar-refractivity contribution in [3.8, 4) is 22.6 Å². The molecule has 13 aromatic rings. The lowest BCUT2D eigenvalue weighted by Gasteiger charge is -2.38. The first-order chi connectivity index (χ1) is 51.9. The van der Waals surface area contributed by atoms with E-state index in [9.17, 15) is 39.6 Å². The number of sulfone groups is 1. The van der Waals surface area contributed by atoms with Crippen LogP contribution in [-0.4, -0.2) is 26.6 Å². The molecule has 0 bridgehead atoms. The topological polar surface area (TPSA) is 60.4 Å². The summed E-state index contributed by atoms with van der Waals surface area (Å²) in [4.78, 5) is 12.9. The minimum absolute atomic E-state index is 0.0675. The third-order valence-corrected chi connectivity index (χ3v) is 19.9. The van der Waals surface area contributed by atoms with E-state index in [1.54, 1.807) is 36.4 Å². The monoisotopic (exact) mass is 1500 g/mol. The van der Waals surface area contributed by atoms with Crippen molar-refractivity contribution in [2.45, 2.75) is 144 Å². The van der Waals surface area contributed by atoms with Gasteiger partial charge >= 0.3 is 12.4 Å². The van der Waals surface area contributed by atoms with Crippen molar-refractivity contribution in [3.63, 3.8) is 0 Å². The largest absolute Gasteiger partial charge is 0.457 e. The van der Waals surface area contributed by atoms with Gasteiger partial charge in [0.2, 0.25) is 15.3 Å². The summed E-state index contributed by atoms with van der Waals surface area (Å²) in [6.07, 6.45) is -11.1. The lowest BCUT2D eigenvalue weighted by Crippen LogP contribution is -2.54. The molecule has 0 atom stereocenters. The molecule has 13 aromatic carbocycles. The molecule has 0 fully saturated rings. The first-order valence-electron chi connectivity index (χ1n) is 36.4. The van der Waals surface area contributed by atoms with Crippen LogP contribution in [0.15, 0.2) is 325 Å². The van der Waals surface area contributed by atoms with E-state index in [1.165, 1.54) is 105 Å². The first-order valence-corrected chi connectivity index (χ1v) is 37.9. The summed E-state index contributed by atoms with van der Waals surface area (Å²) in [5.74, 6) is 1.87. The maximum atomic E-state index is 13.8. The fourth-order valence-electron chi connectivity index (χ4n) is 12.4. The molecule has 4 nitrogen and oxygen atoms in total. The molecule has 0 unspecified atom stereocenters. The fraction of sp³-hybridized carbons (Fsp3) is 0.202. The number of benzene rings is 13. The highest BCUT2D eigenvalue weighted by molar-refractivity contribution is 7.91. The highest BCUT2D eigenvalue weighted by atomic mass is 32.2. The summed E-state index contributed by atoms with van der Waals surface area (Å²) in [5, 5.41) is 0. The zero-order chi connectivity index (χ0) is 80.6. The average molecular weight is 1500 g/mol. The lowest BCUT2D eigenvalue weighted by molar-refractivity contribution is -0.288. The summed E-state index contributed by atoms with van der Waals surface area (Å²) in [6, 6.07) is 97.6. The van der Waals surface area contributed by atoms with Gasteiger partial charge in [0.05, 0.1) is 9.79 Å². The highest BCUT2D eigenvalue weighted by Crippen LogP contribution is 2.56. The van der Waals surface area contributed by atoms with E-state index in [4.69, 9.17) is 4.74 Å². The third-order valence-electron chi connectivity index (χ3n) is 18.2. The van der Waals surface area contributed by atoms with Gasteiger partial charge in [0.1, 0.15) is 11.5 Å². The van der Waals surface area contributed by atoms with Crippen LogP contribution in [0.3, 0.4) is 0 Å². The molecule has 11 heteroatoms. The molecule has 0 saturated heterocycles. The van der Waals surface area contributed by atoms with Crippen molar-refractivity contribution < 1.29 is 44.3 Å². The van der Waals surface area contributed by atoms with Crippen LogP contribution in [0.5, 0.6) is 11.5 Å². The van der Waals surface area contributed by atoms with E-state index < -0.39 is 38.7 Å². The summed E-state index contributed by atoms with van der Waals surface area (Å²) in [7, 11) is -3.38. The Morgan fingerprint density at radius 3 is 0.773 bits per heavy atom. The number of hydrogen-bond donors (Lipinski definition) is 0. The van der Waals surface area contributed by atoms with Crippen LogP contribution in [0, 0.1) is 96.9 Å². The van der Waals surface area contributed by atoms with Crippen molar-refractivity contribution in [2.24, 2.45) is 0 Å². The lowest BCUT2D eigenvalue weighted by atomic mass is 9.72. The van der Waals surface area contributed by atoms with E-state index >= 15 is 0 Å². The number of carbonyl (C=O) groups is 1. The molecule has 110 heavy (non-hydrogen) atoms. The smallest absolute Gasteiger partial charge is 0.411 e. The fourth-order valence-corrected chi connectivity index (χ4v) is 13.8. The Morgan fingerprint density at radius 1 is 0.264 bits per heavy atom. The second-order valence-electron chi connectivity index (χ2n) is 28.7. The van der Waals surface area contributed by atoms with Crippen LogP contribution in [-0.2, 0) is 20.7 Å². The van der Waals surface area contributed by atoms with Crippen LogP contribution in [0.1, 0.15) is 130 Å². The zero-order valence-corrected chi connectivity index (χ0v) is 66.6. The standard InChI is InChI=1S/C17H14F6.C17H20.C15H14O.C14H14O2S.C14H14O.C14H14.C8H10/c1-11-5-3-7-13(9-11)15(16(18,19)20,17(21,22)23)14-8-4-6-12(2)10-14;1-13-7-5-9-15(11-13)17(3,4)16-10-6-8-14(2)12-16;1-11-5-3-7-13(9-11)15(16)14-8-4-6-12(2)10-14;1-11-5-3-7-13(9-11)17(15,16)14-8-4-6-12(2)10-14;1-11-5-3-7-13(9-11)15-14-8-4-6-12(2)10-14;1-11-5-3-7-13(9-11)14-8-4-6-12(2)10-14;1-7-4-3-5-8(2)6-7/h3-10H,1-2H3;5-12H,1-4H3;3-10H,1-2H3;3-10H,1-2H3;3-10H,1-2H3;3-10H,1-2H3;3-6H,1-2H3. The maximum absolute atomic E-state index is 13.8. The van der Waals surface area contributed by atoms with E-state index in [1.807, 2.05) is 125 Å². The van der Waals surface area contributed by atoms with Gasteiger partial charge in [-0.15, -0.1) is 0 Å². The number of alkyl halides is 6. The van der Waals surface area contributed by atoms with Gasteiger partial charge in [-0.1, -0.05) is 324 Å². The highest BCUT2D eigenvalue weighted by Gasteiger charge is 2.72. The maximum Gasteiger partial charge on any atom is 0.411 e. The summed E-state index contributed by atoms with van der Waals surface area (Å²) in [6.45, 7) is 32.1. The van der Waals surface area contributed by atoms with E-state index in [-0.39, 0.29) is 11.2 Å². The minimum Gasteiger partial charge on any atom is -0.457 e. The van der Waals surface area contributed by atoms with E-state index in [0.717, 1.165) is 69.1 Å². The molecule has 0 saturated carbocycles. The van der Waals surface area contributed by atoms with E-state index in [2.05, 4.69) is 203 Å². The first kappa shape index (κ1) is 86.1. The molecule has 0 amide bonds. The Kier molecular flexibility index (Phi) is 30.8. The molecule has 0 spiro atoms. The number of ether oxygens (including phenoxy) is 1. The Labute approximate surface area is 649 Å². The molecule has 0 aromatic heterocycles. The van der Waals surface area contributed by atoms with Gasteiger partial charge < -0.3 is 4.74 Å². The average Bonchev–Trinajstić information content (AvgIpc) is 0.716. The molecule has 0 radical (unpaired) electrons. The SMILES string of the molecule is Cc1cccc(-c2cccc(C)c2)c1.Cc1cccc(C(=O)c2cccc(C)c2)c1.Cc1cccc(C(C)(C)c2cccc(C)c2)c1.Cc1cccc(C(c2cccc(C)c2)(C(F)(F)F)C(F)(F)F)c1.Cc1cccc(C)c1.Cc1cccc(Oc2cccc(C)c2)c1.Cc1cccc(S(=O)(=O)c2cccc(C)c2)c1. The van der Waals surface area contributed by atoms with Gasteiger partial charge in [0.25, 0.3) is 0 Å². The number of rotatable bonds is 11. The predicted molar refractivity (Wildman–Crippen MR) is 443 cm³/mol. The van der Waals surface area contributed by atoms with E-state index in [0.29, 0.717) is 20.9 Å². The van der Waals surface area contributed by atoms with Gasteiger partial charge in [-0.25, -0.2) is 8.42 Å². The number of ketones is 1. The normalized spacial score (nSPS) is 11.1. The molecule has 0 aliphatic heterocycles. The molecular weight excluding hydrogens is 1400 g/mol. The number of halogens is 6. The van der Waals surface area contributed by atoms with Gasteiger partial charge in [0, 0.05) is 16.5 Å². The molecule has 0 N–H and O–H groups in total. The van der Waals surface area contributed by atoms with Crippen LogP contribution in [0.4, 0.5) is 26.3 Å². The Morgan fingerprint density at radius 2 is 0.500 bits per heavy atom. The second kappa shape index (κ2) is 39.3. The molecular formula is C99H100F6O4S. The number of hydrogen-bond acceptors (Lipinski definition) is 4. The minimum atomic E-state index is -5.53. The van der Waals surface area contributed by atoms with Crippen molar-refractivity contribution in [3.05, 3.63) is 427 Å². The number of aryl methyl sites for hydroxylation is 14. The Bertz CT molecular complexity index is 4990. The summed E-state index contributed by atoms with van der Waals surface area (Å²) >= 11 is 0. The van der Waals surface area contributed by atoms with Gasteiger partial charge in [-0.2, -0.15) is 26.3 Å². The van der Waals surface area contributed by atoms with Gasteiger partial charge in [0.15, 0.2) is 5.78 Å². The molecule has 0 aliphatic rings. The van der Waals surface area contributed by atoms with Crippen LogP contribution < -0.4 is 4.74 Å². The van der Waals surface area contributed by atoms with Crippen LogP contribution in [0.25, 0.3) is 11.1 Å². The van der Waals surface area contributed by atoms with Gasteiger partial charge in [-0.05, 0) is 213 Å². The van der Waals surface area contributed by atoms with Gasteiger partial charge in [-0.3, -0.25) is 4.79 Å². The second-order valence-corrected chi connectivity index (χ2v) is 30.6. The predicted octanol–water partition coefficient (Wildman–Crippen LogP) is 27.4. The quantitative estimate of drug-likeness (QED) is 0.0956. The molecule has 0 aliphatic carbocycles. The molecule has 0 heterocycles.